The highest BCUT2D eigenvalue weighted by molar-refractivity contribution is 7.11. The Morgan fingerprint density at radius 3 is 2.70 bits per heavy atom. The zero-order valence-electron chi connectivity index (χ0n) is 24.5. The number of piperazine rings is 1. The molecule has 44 heavy (non-hydrogen) atoms. The van der Waals surface area contributed by atoms with E-state index in [-0.39, 0.29) is 54.3 Å². The van der Waals surface area contributed by atoms with Crippen molar-refractivity contribution in [2.75, 3.05) is 45.9 Å². The van der Waals surface area contributed by atoms with Crippen LogP contribution in [0.15, 0.2) is 40.0 Å². The van der Waals surface area contributed by atoms with Gasteiger partial charge in [-0.2, -0.15) is 0 Å². The summed E-state index contributed by atoms with van der Waals surface area (Å²) >= 11 is 1.29. The number of amides is 2. The number of benzene rings is 1. The third kappa shape index (κ3) is 6.02. The van der Waals surface area contributed by atoms with Crippen molar-refractivity contribution in [1.82, 2.24) is 25.0 Å². The Kier molecular flexibility index (Phi) is 8.71. The van der Waals surface area contributed by atoms with E-state index >= 15 is 4.39 Å². The quantitative estimate of drug-likeness (QED) is 0.322. The molecular formula is C30H32F2N6O5S. The number of carboxylic acids is 1. The molecule has 14 heteroatoms. The number of carbonyl (C=O) groups excluding carboxylic acids is 2. The molecule has 1 aromatic heterocycles. The molecule has 0 unspecified atom stereocenters. The Hall–Kier alpha value is -4.35. The molecule has 1 aromatic carbocycles. The molecule has 232 valence electrons. The van der Waals surface area contributed by atoms with Crippen molar-refractivity contribution in [1.29, 1.82) is 0 Å². The molecule has 0 saturated carbocycles. The summed E-state index contributed by atoms with van der Waals surface area (Å²) in [5.74, 6) is -0.916. The molecule has 2 aromatic rings. The van der Waals surface area contributed by atoms with E-state index in [1.807, 2.05) is 4.90 Å². The standard InChI is InChI=1S/C30H32F2N6O5S/c1-5-17-11-18(31)12-20(32)22(17)24-23(27(39)43-6-2)21(34-25(35-24)26-33-7-10-44-26)15-36-8-9-38-19(13-36)14-37(29(38)42)16-30(3,4)28(40)41/h1,7,10-12,19,24H,6,8-9,13-16H2,2-4H3,(H,34,35)(H,40,41)/t19-,24-/m0/s1. The zero-order chi connectivity index (χ0) is 31.8. The number of aliphatic imine (C=N–C) groups is 1. The fourth-order valence-electron chi connectivity index (χ4n) is 5.70. The van der Waals surface area contributed by atoms with Gasteiger partial charge in [0.25, 0.3) is 0 Å². The van der Waals surface area contributed by atoms with Crippen molar-refractivity contribution < 1.29 is 33.0 Å². The van der Waals surface area contributed by atoms with E-state index in [1.54, 1.807) is 42.1 Å². The fourth-order valence-corrected chi connectivity index (χ4v) is 6.28. The van der Waals surface area contributed by atoms with E-state index in [1.165, 1.54) is 11.3 Å². The molecule has 2 N–H and O–H groups in total. The summed E-state index contributed by atoms with van der Waals surface area (Å²) in [6.07, 6.45) is 7.23. The summed E-state index contributed by atoms with van der Waals surface area (Å²) in [4.78, 5) is 52.6. The van der Waals surface area contributed by atoms with E-state index in [9.17, 15) is 23.9 Å². The van der Waals surface area contributed by atoms with E-state index in [0.29, 0.717) is 43.0 Å². The number of fused-ring (bicyclic) bond motifs is 1. The van der Waals surface area contributed by atoms with Crippen LogP contribution in [-0.2, 0) is 14.3 Å². The molecule has 2 amide bonds. The first kappa shape index (κ1) is 31.1. The number of nitrogens with zero attached hydrogens (tertiary/aromatic N) is 5. The summed E-state index contributed by atoms with van der Waals surface area (Å²) in [7, 11) is 0. The Bertz CT molecular complexity index is 1580. The van der Waals surface area contributed by atoms with Crippen LogP contribution >= 0.6 is 11.3 Å². The minimum Gasteiger partial charge on any atom is -0.481 e. The average Bonchev–Trinajstić information content (AvgIpc) is 3.60. The number of aliphatic carboxylic acids is 1. The molecule has 3 aliphatic heterocycles. The van der Waals surface area contributed by atoms with Gasteiger partial charge in [0.1, 0.15) is 17.7 Å². The number of ether oxygens (including phenoxy) is 1. The van der Waals surface area contributed by atoms with Crippen molar-refractivity contribution in [3.63, 3.8) is 0 Å². The number of terminal acetylenes is 1. The number of hydrogen-bond acceptors (Lipinski definition) is 9. The lowest BCUT2D eigenvalue weighted by atomic mass is 9.91. The molecule has 2 saturated heterocycles. The Balaban J connectivity index is 1.50. The Morgan fingerprint density at radius 1 is 1.27 bits per heavy atom. The highest BCUT2D eigenvalue weighted by Crippen LogP contribution is 2.37. The summed E-state index contributed by atoms with van der Waals surface area (Å²) in [6, 6.07) is 0.0564. The predicted octanol–water partition coefficient (Wildman–Crippen LogP) is 2.84. The van der Waals surface area contributed by atoms with E-state index in [4.69, 9.17) is 11.2 Å². The van der Waals surface area contributed by atoms with E-state index in [2.05, 4.69) is 21.2 Å². The van der Waals surface area contributed by atoms with Crippen LogP contribution in [0.2, 0.25) is 0 Å². The Labute approximate surface area is 257 Å². The number of hydrogen-bond donors (Lipinski definition) is 2. The molecule has 2 fully saturated rings. The normalized spacial score (nSPS) is 20.6. The second-order valence-electron chi connectivity index (χ2n) is 11.4. The topological polar surface area (TPSA) is 128 Å². The van der Waals surface area contributed by atoms with Gasteiger partial charge in [-0.15, -0.1) is 17.8 Å². The molecule has 4 heterocycles. The van der Waals surface area contributed by atoms with Crippen molar-refractivity contribution in [3.05, 3.63) is 62.7 Å². The lowest BCUT2D eigenvalue weighted by Crippen LogP contribution is -2.53. The van der Waals surface area contributed by atoms with Crippen molar-refractivity contribution in [2.24, 2.45) is 10.4 Å². The average molecular weight is 627 g/mol. The van der Waals surface area contributed by atoms with Gasteiger partial charge in [0.2, 0.25) is 0 Å². The third-order valence-electron chi connectivity index (χ3n) is 7.84. The van der Waals surface area contributed by atoms with Crippen LogP contribution in [0.5, 0.6) is 0 Å². The van der Waals surface area contributed by atoms with E-state index < -0.39 is 35.0 Å². The monoisotopic (exact) mass is 626 g/mol. The minimum absolute atomic E-state index is 0.0314. The Morgan fingerprint density at radius 2 is 2.05 bits per heavy atom. The first-order valence-electron chi connectivity index (χ1n) is 14.0. The first-order valence-corrected chi connectivity index (χ1v) is 14.9. The maximum atomic E-state index is 15.4. The minimum atomic E-state index is -1.25. The van der Waals surface area contributed by atoms with E-state index in [0.717, 1.165) is 6.07 Å². The van der Waals surface area contributed by atoms with Crippen LogP contribution < -0.4 is 5.32 Å². The molecular weight excluding hydrogens is 594 g/mol. The highest BCUT2D eigenvalue weighted by Gasteiger charge is 2.44. The van der Waals surface area contributed by atoms with Gasteiger partial charge in [-0.05, 0) is 26.8 Å². The number of amidine groups is 1. The number of esters is 1. The fraction of sp³-hybridized carbons (Fsp3) is 0.433. The van der Waals surface area contributed by atoms with Crippen molar-refractivity contribution >= 4 is 35.1 Å². The second kappa shape index (κ2) is 12.3. The number of urea groups is 1. The molecule has 0 spiro atoms. The van der Waals surface area contributed by atoms with Crippen LogP contribution in [0.3, 0.4) is 0 Å². The maximum Gasteiger partial charge on any atom is 0.338 e. The summed E-state index contributed by atoms with van der Waals surface area (Å²) in [6.45, 7) is 6.74. The number of halogens is 2. The van der Waals surface area contributed by atoms with Crippen molar-refractivity contribution in [2.45, 2.75) is 32.9 Å². The van der Waals surface area contributed by atoms with Crippen LogP contribution in [0.1, 0.15) is 42.9 Å². The molecule has 0 aliphatic carbocycles. The molecule has 11 nitrogen and oxygen atoms in total. The van der Waals surface area contributed by atoms with Gasteiger partial charge in [0.05, 0.1) is 23.6 Å². The lowest BCUT2D eigenvalue weighted by molar-refractivity contribution is -0.147. The summed E-state index contributed by atoms with van der Waals surface area (Å²) < 4.78 is 35.0. The predicted molar refractivity (Wildman–Crippen MR) is 158 cm³/mol. The van der Waals surface area contributed by atoms with Crippen LogP contribution in [0.4, 0.5) is 13.6 Å². The number of carbonyl (C=O) groups is 3. The molecule has 5 rings (SSSR count). The number of rotatable bonds is 9. The molecule has 0 bridgehead atoms. The first-order chi connectivity index (χ1) is 20.9. The van der Waals surface area contributed by atoms with Gasteiger partial charge in [-0.25, -0.2) is 23.4 Å². The molecule has 3 aliphatic rings. The van der Waals surface area contributed by atoms with Crippen LogP contribution in [-0.4, -0.2) is 101 Å². The highest BCUT2D eigenvalue weighted by atomic mass is 32.1. The second-order valence-corrected chi connectivity index (χ2v) is 12.3. The van der Waals surface area contributed by atoms with Crippen LogP contribution in [0, 0.1) is 29.4 Å². The largest absolute Gasteiger partial charge is 0.481 e. The summed E-state index contributed by atoms with van der Waals surface area (Å²) in [5, 5.41) is 15.0. The zero-order valence-corrected chi connectivity index (χ0v) is 25.3. The maximum absolute atomic E-state index is 15.4. The lowest BCUT2D eigenvalue weighted by Gasteiger charge is -2.38. The van der Waals surface area contributed by atoms with Gasteiger partial charge >= 0.3 is 18.0 Å². The third-order valence-corrected chi connectivity index (χ3v) is 8.62. The van der Waals surface area contributed by atoms with Gasteiger partial charge in [-0.1, -0.05) is 5.92 Å². The van der Waals surface area contributed by atoms with Crippen molar-refractivity contribution in [3.8, 4) is 12.3 Å². The van der Waals surface area contributed by atoms with Crippen LogP contribution in [0.25, 0.3) is 0 Å². The van der Waals surface area contributed by atoms with Gasteiger partial charge in [0.15, 0.2) is 10.8 Å². The molecule has 2 atom stereocenters. The summed E-state index contributed by atoms with van der Waals surface area (Å²) in [5.41, 5.74) is -0.901. The molecule has 0 radical (unpaired) electrons. The smallest absolute Gasteiger partial charge is 0.338 e. The number of aromatic nitrogens is 1. The number of nitrogens with one attached hydrogen (secondary N) is 1. The van der Waals surface area contributed by atoms with Gasteiger partial charge in [-0.3, -0.25) is 14.7 Å². The van der Waals surface area contributed by atoms with Gasteiger partial charge < -0.3 is 25.0 Å². The van der Waals surface area contributed by atoms with Gasteiger partial charge in [0, 0.05) is 73.7 Å². The number of carboxylic acid groups (broad SMARTS) is 1. The SMILES string of the molecule is C#Cc1cc(F)cc(F)c1[C@@H]1N=C(c2nccs2)NC(CN2CCN3C(=O)N(CC(C)(C)C(=O)O)C[C@@H]3C2)=C1C(=O)OCC. The number of thiazole rings is 1.